The summed E-state index contributed by atoms with van der Waals surface area (Å²) >= 11 is 1.96. The molecule has 20 heavy (non-hydrogen) atoms. The smallest absolute Gasteiger partial charge is 0.0302 e. The Bertz CT molecular complexity index is 415. The Kier molecular flexibility index (Phi) is 5.65. The minimum atomic E-state index is 0.560. The fraction of sp³-hybridized carbons (Fsp3) is 0.765. The van der Waals surface area contributed by atoms with E-state index in [1.807, 2.05) is 11.3 Å². The summed E-state index contributed by atoms with van der Waals surface area (Å²) in [6.45, 7) is 16.1. The molecule has 1 aromatic rings. The predicted octanol–water partition coefficient (Wildman–Crippen LogP) is 4.03. The van der Waals surface area contributed by atoms with Crippen molar-refractivity contribution >= 4 is 11.3 Å². The van der Waals surface area contributed by atoms with Gasteiger partial charge in [0, 0.05) is 42.0 Å². The van der Waals surface area contributed by atoms with Gasteiger partial charge in [-0.2, -0.15) is 0 Å². The lowest BCUT2D eigenvalue weighted by atomic mass is 9.91. The highest BCUT2D eigenvalue weighted by Crippen LogP contribution is 2.27. The Labute approximate surface area is 128 Å². The molecule has 0 aromatic carbocycles. The number of piperidine rings is 1. The molecule has 2 unspecified atom stereocenters. The number of aryl methyl sites for hydroxylation is 1. The quantitative estimate of drug-likeness (QED) is 0.882. The van der Waals surface area contributed by atoms with Crippen molar-refractivity contribution < 1.29 is 0 Å². The number of thiophene rings is 1. The first-order chi connectivity index (χ1) is 9.44. The lowest BCUT2D eigenvalue weighted by Gasteiger charge is -2.34. The van der Waals surface area contributed by atoms with Crippen molar-refractivity contribution in [3.8, 4) is 0 Å². The van der Waals surface area contributed by atoms with Crippen LogP contribution in [0.1, 0.15) is 49.4 Å². The van der Waals surface area contributed by atoms with Crippen molar-refractivity contribution in [2.45, 2.75) is 60.2 Å². The average molecular weight is 295 g/mol. The van der Waals surface area contributed by atoms with E-state index in [0.717, 1.165) is 24.9 Å². The molecule has 0 radical (unpaired) electrons. The first-order valence-corrected chi connectivity index (χ1v) is 8.79. The second-order valence-corrected chi connectivity index (χ2v) is 8.31. The highest BCUT2D eigenvalue weighted by molar-refractivity contribution is 7.12. The minimum absolute atomic E-state index is 0.560. The lowest BCUT2D eigenvalue weighted by Crippen LogP contribution is -2.38. The molecule has 114 valence electrons. The van der Waals surface area contributed by atoms with Crippen LogP contribution >= 0.6 is 11.3 Å². The van der Waals surface area contributed by atoms with Gasteiger partial charge in [0.2, 0.25) is 0 Å². The zero-order valence-corrected chi connectivity index (χ0v) is 14.5. The first-order valence-electron chi connectivity index (χ1n) is 7.98. The van der Waals surface area contributed by atoms with Gasteiger partial charge < -0.3 is 5.32 Å². The van der Waals surface area contributed by atoms with Gasteiger partial charge in [0.15, 0.2) is 0 Å². The van der Waals surface area contributed by atoms with Crippen LogP contribution in [-0.4, -0.2) is 24.0 Å². The van der Waals surface area contributed by atoms with Crippen molar-refractivity contribution in [2.75, 3.05) is 13.1 Å². The van der Waals surface area contributed by atoms with E-state index in [-0.39, 0.29) is 0 Å². The van der Waals surface area contributed by atoms with Gasteiger partial charge in [-0.1, -0.05) is 27.7 Å². The number of nitrogens with one attached hydrogen (secondary N) is 1. The van der Waals surface area contributed by atoms with E-state index in [9.17, 15) is 0 Å². The van der Waals surface area contributed by atoms with Crippen molar-refractivity contribution in [3.63, 3.8) is 0 Å². The van der Waals surface area contributed by atoms with Crippen LogP contribution in [0, 0.1) is 18.8 Å². The van der Waals surface area contributed by atoms with Crippen molar-refractivity contribution in [1.82, 2.24) is 10.2 Å². The van der Waals surface area contributed by atoms with Crippen LogP contribution in [0.15, 0.2) is 6.07 Å². The monoisotopic (exact) mass is 294 g/mol. The third-order valence-corrected chi connectivity index (χ3v) is 5.19. The van der Waals surface area contributed by atoms with Gasteiger partial charge in [-0.15, -0.1) is 11.3 Å². The SMILES string of the molecule is Cc1sc(CNC(C)C)cc1CN1CC(C)CC(C)C1. The zero-order chi connectivity index (χ0) is 14.7. The normalized spacial score (nSPS) is 24.5. The molecule has 1 fully saturated rings. The summed E-state index contributed by atoms with van der Waals surface area (Å²) in [5.74, 6) is 1.69. The number of hydrogen-bond acceptors (Lipinski definition) is 3. The standard InChI is InChI=1S/C17H30N2S/c1-12(2)18-8-17-7-16(15(5)20-17)11-19-9-13(3)6-14(4)10-19/h7,12-14,18H,6,8-11H2,1-5H3. The fourth-order valence-corrected chi connectivity index (χ4v) is 4.30. The van der Waals surface area contributed by atoms with E-state index in [2.05, 4.69) is 50.9 Å². The van der Waals surface area contributed by atoms with Gasteiger partial charge in [0.1, 0.15) is 0 Å². The summed E-state index contributed by atoms with van der Waals surface area (Å²) < 4.78 is 0. The number of rotatable bonds is 5. The minimum Gasteiger partial charge on any atom is -0.310 e. The summed E-state index contributed by atoms with van der Waals surface area (Å²) in [5, 5.41) is 3.52. The summed E-state index contributed by atoms with van der Waals surface area (Å²) in [6, 6.07) is 2.98. The molecule has 0 bridgehead atoms. The third-order valence-electron chi connectivity index (χ3n) is 4.09. The van der Waals surface area contributed by atoms with Gasteiger partial charge in [-0.05, 0) is 36.8 Å². The van der Waals surface area contributed by atoms with Crippen LogP contribution in [0.4, 0.5) is 0 Å². The fourth-order valence-electron chi connectivity index (χ4n) is 3.30. The first kappa shape index (κ1) is 16.0. The third kappa shape index (κ3) is 4.57. The Morgan fingerprint density at radius 1 is 1.30 bits per heavy atom. The van der Waals surface area contributed by atoms with Gasteiger partial charge in [0.05, 0.1) is 0 Å². The Hall–Kier alpha value is -0.380. The molecule has 2 heterocycles. The Morgan fingerprint density at radius 3 is 2.55 bits per heavy atom. The number of hydrogen-bond donors (Lipinski definition) is 1. The van der Waals surface area contributed by atoms with Crippen LogP contribution in [0.3, 0.4) is 0 Å². The van der Waals surface area contributed by atoms with Crippen LogP contribution in [-0.2, 0) is 13.1 Å². The molecule has 1 aromatic heterocycles. The Balaban J connectivity index is 1.95. The van der Waals surface area contributed by atoms with Gasteiger partial charge in [-0.3, -0.25) is 4.90 Å². The maximum absolute atomic E-state index is 3.52. The van der Waals surface area contributed by atoms with E-state index in [1.54, 1.807) is 0 Å². The average Bonchev–Trinajstić information content (AvgIpc) is 2.66. The second kappa shape index (κ2) is 7.06. The molecular formula is C17H30N2S. The molecule has 2 atom stereocenters. The van der Waals surface area contributed by atoms with E-state index in [1.165, 1.54) is 34.8 Å². The highest BCUT2D eigenvalue weighted by Gasteiger charge is 2.22. The maximum atomic E-state index is 3.52. The molecule has 0 spiro atoms. The van der Waals surface area contributed by atoms with E-state index in [0.29, 0.717) is 6.04 Å². The van der Waals surface area contributed by atoms with Gasteiger partial charge in [0.25, 0.3) is 0 Å². The summed E-state index contributed by atoms with van der Waals surface area (Å²) in [6.07, 6.45) is 1.39. The molecule has 3 heteroatoms. The predicted molar refractivity (Wildman–Crippen MR) is 89.3 cm³/mol. The summed E-state index contributed by atoms with van der Waals surface area (Å²) in [5.41, 5.74) is 1.54. The molecule has 2 nitrogen and oxygen atoms in total. The summed E-state index contributed by atoms with van der Waals surface area (Å²) in [4.78, 5) is 5.62. The van der Waals surface area contributed by atoms with E-state index < -0.39 is 0 Å². The van der Waals surface area contributed by atoms with Crippen LogP contribution in [0.2, 0.25) is 0 Å². The highest BCUT2D eigenvalue weighted by atomic mass is 32.1. The molecule has 0 aliphatic carbocycles. The lowest BCUT2D eigenvalue weighted by molar-refractivity contribution is 0.134. The molecule has 1 aliphatic heterocycles. The van der Waals surface area contributed by atoms with E-state index in [4.69, 9.17) is 0 Å². The van der Waals surface area contributed by atoms with Crippen molar-refractivity contribution in [2.24, 2.45) is 11.8 Å². The molecule has 0 saturated carbocycles. The van der Waals surface area contributed by atoms with Crippen LogP contribution in [0.25, 0.3) is 0 Å². The molecule has 1 saturated heterocycles. The summed E-state index contributed by atoms with van der Waals surface area (Å²) in [7, 11) is 0. The van der Waals surface area contributed by atoms with Crippen molar-refractivity contribution in [3.05, 3.63) is 21.4 Å². The zero-order valence-electron chi connectivity index (χ0n) is 13.7. The van der Waals surface area contributed by atoms with Gasteiger partial charge >= 0.3 is 0 Å². The molecule has 1 aliphatic rings. The Morgan fingerprint density at radius 2 is 1.95 bits per heavy atom. The van der Waals surface area contributed by atoms with Crippen LogP contribution < -0.4 is 5.32 Å². The largest absolute Gasteiger partial charge is 0.310 e. The topological polar surface area (TPSA) is 15.3 Å². The number of nitrogens with zero attached hydrogens (tertiary/aromatic N) is 1. The molecule has 2 rings (SSSR count). The molecule has 1 N–H and O–H groups in total. The maximum Gasteiger partial charge on any atom is 0.0302 e. The number of likely N-dealkylation sites (tertiary alicyclic amines) is 1. The molecule has 0 amide bonds. The van der Waals surface area contributed by atoms with Gasteiger partial charge in [-0.25, -0.2) is 0 Å². The second-order valence-electron chi connectivity index (χ2n) is 6.97. The molecular weight excluding hydrogens is 264 g/mol. The van der Waals surface area contributed by atoms with Crippen molar-refractivity contribution in [1.29, 1.82) is 0 Å². The van der Waals surface area contributed by atoms with Crippen LogP contribution in [0.5, 0.6) is 0 Å². The van der Waals surface area contributed by atoms with E-state index >= 15 is 0 Å².